The fraction of sp³-hybridized carbons (Fsp3) is 0.533. The molecule has 2 bridgehead atoms. The lowest BCUT2D eigenvalue weighted by Gasteiger charge is -2.21. The standard InChI is InChI=1S/C15H19NO/c17-11-13-3-1-12(2-4-13)9-10-16-14-5-6-15(16)8-7-14/h1-4,11,14-15H,5-10H2. The number of nitrogens with zero attached hydrogens (tertiary/aromatic N) is 1. The molecular weight excluding hydrogens is 210 g/mol. The highest BCUT2D eigenvalue weighted by Crippen LogP contribution is 2.37. The number of carbonyl (C=O) groups is 1. The minimum Gasteiger partial charge on any atom is -0.298 e. The highest BCUT2D eigenvalue weighted by atomic mass is 16.1. The Bertz CT molecular complexity index is 378. The van der Waals surface area contributed by atoms with Crippen molar-refractivity contribution in [1.82, 2.24) is 4.90 Å². The summed E-state index contributed by atoms with van der Waals surface area (Å²) in [6, 6.07) is 9.74. The average Bonchev–Trinajstić information content (AvgIpc) is 2.96. The molecule has 0 spiro atoms. The third kappa shape index (κ3) is 2.14. The van der Waals surface area contributed by atoms with Crippen molar-refractivity contribution >= 4 is 6.29 Å². The molecule has 0 N–H and O–H groups in total. The second-order valence-corrected chi connectivity index (χ2v) is 5.31. The van der Waals surface area contributed by atoms with Gasteiger partial charge in [-0.05, 0) is 37.7 Å². The van der Waals surface area contributed by atoms with E-state index in [2.05, 4.69) is 17.0 Å². The topological polar surface area (TPSA) is 20.3 Å². The van der Waals surface area contributed by atoms with Crippen LogP contribution in [0.25, 0.3) is 0 Å². The smallest absolute Gasteiger partial charge is 0.150 e. The van der Waals surface area contributed by atoms with Crippen LogP contribution in [0.4, 0.5) is 0 Å². The molecule has 1 aromatic carbocycles. The Kier molecular flexibility index (Phi) is 2.98. The molecule has 2 aliphatic rings. The fourth-order valence-corrected chi connectivity index (χ4v) is 3.41. The number of hydrogen-bond donors (Lipinski definition) is 0. The van der Waals surface area contributed by atoms with Gasteiger partial charge >= 0.3 is 0 Å². The Morgan fingerprint density at radius 2 is 1.65 bits per heavy atom. The van der Waals surface area contributed by atoms with Gasteiger partial charge < -0.3 is 0 Å². The first-order valence-corrected chi connectivity index (χ1v) is 6.66. The number of rotatable bonds is 4. The van der Waals surface area contributed by atoms with E-state index in [1.54, 1.807) is 0 Å². The van der Waals surface area contributed by atoms with E-state index in [1.807, 2.05) is 12.1 Å². The van der Waals surface area contributed by atoms with Crippen LogP contribution >= 0.6 is 0 Å². The van der Waals surface area contributed by atoms with Gasteiger partial charge in [-0.25, -0.2) is 0 Å². The van der Waals surface area contributed by atoms with Gasteiger partial charge in [0.05, 0.1) is 0 Å². The van der Waals surface area contributed by atoms with Crippen LogP contribution in [-0.2, 0) is 6.42 Å². The van der Waals surface area contributed by atoms with E-state index in [0.717, 1.165) is 30.4 Å². The molecule has 2 fully saturated rings. The summed E-state index contributed by atoms with van der Waals surface area (Å²) >= 11 is 0. The van der Waals surface area contributed by atoms with Crippen molar-refractivity contribution in [2.24, 2.45) is 0 Å². The minimum absolute atomic E-state index is 0.773. The fourth-order valence-electron chi connectivity index (χ4n) is 3.41. The molecule has 0 radical (unpaired) electrons. The Hall–Kier alpha value is -1.15. The van der Waals surface area contributed by atoms with Crippen LogP contribution in [0.3, 0.4) is 0 Å². The van der Waals surface area contributed by atoms with Crippen LogP contribution in [0, 0.1) is 0 Å². The van der Waals surface area contributed by atoms with Crippen LogP contribution in [0.1, 0.15) is 41.6 Å². The molecule has 90 valence electrons. The largest absolute Gasteiger partial charge is 0.298 e. The molecule has 2 nitrogen and oxygen atoms in total. The van der Waals surface area contributed by atoms with Gasteiger partial charge in [-0.1, -0.05) is 24.3 Å². The molecule has 0 aromatic heterocycles. The van der Waals surface area contributed by atoms with E-state index in [9.17, 15) is 4.79 Å². The number of benzene rings is 1. The van der Waals surface area contributed by atoms with Crippen molar-refractivity contribution in [3.8, 4) is 0 Å². The third-order valence-electron chi connectivity index (χ3n) is 4.38. The predicted molar refractivity (Wildman–Crippen MR) is 68.3 cm³/mol. The van der Waals surface area contributed by atoms with E-state index < -0.39 is 0 Å². The van der Waals surface area contributed by atoms with Gasteiger partial charge in [0.2, 0.25) is 0 Å². The molecule has 0 atom stereocenters. The van der Waals surface area contributed by atoms with E-state index in [1.165, 1.54) is 37.8 Å². The van der Waals surface area contributed by atoms with E-state index >= 15 is 0 Å². The van der Waals surface area contributed by atoms with E-state index in [4.69, 9.17) is 0 Å². The molecule has 17 heavy (non-hydrogen) atoms. The summed E-state index contributed by atoms with van der Waals surface area (Å²) in [5, 5.41) is 0. The lowest BCUT2D eigenvalue weighted by atomic mass is 10.0. The summed E-state index contributed by atoms with van der Waals surface area (Å²) in [5.74, 6) is 0. The molecule has 2 aliphatic heterocycles. The highest BCUT2D eigenvalue weighted by Gasteiger charge is 2.38. The number of aldehydes is 1. The van der Waals surface area contributed by atoms with Crippen molar-refractivity contribution in [3.05, 3.63) is 35.4 Å². The first kappa shape index (κ1) is 11.0. The van der Waals surface area contributed by atoms with E-state index in [-0.39, 0.29) is 0 Å². The molecule has 2 heteroatoms. The first-order chi connectivity index (χ1) is 8.36. The van der Waals surface area contributed by atoms with Crippen molar-refractivity contribution in [2.75, 3.05) is 6.54 Å². The van der Waals surface area contributed by atoms with Crippen LogP contribution in [-0.4, -0.2) is 29.8 Å². The summed E-state index contributed by atoms with van der Waals surface area (Å²) in [6.45, 7) is 1.19. The van der Waals surface area contributed by atoms with Gasteiger partial charge in [0.1, 0.15) is 6.29 Å². The molecule has 0 saturated carbocycles. The predicted octanol–water partition coefficient (Wildman–Crippen LogP) is 2.67. The summed E-state index contributed by atoms with van der Waals surface area (Å²) in [6.07, 6.45) is 7.67. The molecule has 3 rings (SSSR count). The maximum atomic E-state index is 10.6. The Balaban J connectivity index is 1.58. The number of carbonyl (C=O) groups excluding carboxylic acids is 1. The SMILES string of the molecule is O=Cc1ccc(CCN2C3CCC2CC3)cc1. The van der Waals surface area contributed by atoms with Gasteiger partial charge in [0.15, 0.2) is 0 Å². The zero-order valence-electron chi connectivity index (χ0n) is 10.1. The second kappa shape index (κ2) is 4.61. The highest BCUT2D eigenvalue weighted by molar-refractivity contribution is 5.74. The van der Waals surface area contributed by atoms with Gasteiger partial charge in [0, 0.05) is 24.2 Å². The zero-order chi connectivity index (χ0) is 11.7. The first-order valence-electron chi connectivity index (χ1n) is 6.66. The van der Waals surface area contributed by atoms with Gasteiger partial charge in [-0.15, -0.1) is 0 Å². The number of hydrogen-bond acceptors (Lipinski definition) is 2. The van der Waals surface area contributed by atoms with Crippen molar-refractivity contribution < 1.29 is 4.79 Å². The Morgan fingerprint density at radius 1 is 1.06 bits per heavy atom. The molecule has 0 unspecified atom stereocenters. The molecule has 2 heterocycles. The molecule has 2 saturated heterocycles. The molecule has 1 aromatic rings. The minimum atomic E-state index is 0.773. The molecule has 0 amide bonds. The van der Waals surface area contributed by atoms with Crippen molar-refractivity contribution in [1.29, 1.82) is 0 Å². The summed E-state index contributed by atoms with van der Waals surface area (Å²) < 4.78 is 0. The third-order valence-corrected chi connectivity index (χ3v) is 4.38. The van der Waals surface area contributed by atoms with Crippen LogP contribution in [0.5, 0.6) is 0 Å². The zero-order valence-corrected chi connectivity index (χ0v) is 10.1. The summed E-state index contributed by atoms with van der Waals surface area (Å²) in [4.78, 5) is 13.3. The van der Waals surface area contributed by atoms with Gasteiger partial charge in [0.25, 0.3) is 0 Å². The van der Waals surface area contributed by atoms with Crippen molar-refractivity contribution in [3.63, 3.8) is 0 Å². The summed E-state index contributed by atoms with van der Waals surface area (Å²) in [5.41, 5.74) is 2.12. The Morgan fingerprint density at radius 3 is 2.18 bits per heavy atom. The van der Waals surface area contributed by atoms with E-state index in [0.29, 0.717) is 0 Å². The molecular formula is C15H19NO. The lowest BCUT2D eigenvalue weighted by Crippen LogP contribution is -2.30. The maximum absolute atomic E-state index is 10.6. The maximum Gasteiger partial charge on any atom is 0.150 e. The average molecular weight is 229 g/mol. The van der Waals surface area contributed by atoms with Crippen LogP contribution in [0.15, 0.2) is 24.3 Å². The van der Waals surface area contributed by atoms with Crippen LogP contribution < -0.4 is 0 Å². The number of fused-ring (bicyclic) bond motifs is 2. The normalized spacial score (nSPS) is 27.5. The summed E-state index contributed by atoms with van der Waals surface area (Å²) in [7, 11) is 0. The second-order valence-electron chi connectivity index (χ2n) is 5.31. The quantitative estimate of drug-likeness (QED) is 0.740. The monoisotopic (exact) mass is 229 g/mol. The van der Waals surface area contributed by atoms with Gasteiger partial charge in [-0.2, -0.15) is 0 Å². The molecule has 0 aliphatic carbocycles. The lowest BCUT2D eigenvalue weighted by molar-refractivity contribution is 0.112. The van der Waals surface area contributed by atoms with Crippen LogP contribution in [0.2, 0.25) is 0 Å². The van der Waals surface area contributed by atoms with Gasteiger partial charge in [-0.3, -0.25) is 9.69 Å². The Labute approximate surface area is 103 Å². The van der Waals surface area contributed by atoms with Crippen molar-refractivity contribution in [2.45, 2.75) is 44.2 Å².